The zero-order valence-electron chi connectivity index (χ0n) is 44.4. The molecule has 16 aromatic carbocycles. The van der Waals surface area contributed by atoms with Gasteiger partial charge in [0.2, 0.25) is 0 Å². The van der Waals surface area contributed by atoms with Crippen LogP contribution in [0.15, 0.2) is 300 Å². The van der Waals surface area contributed by atoms with E-state index in [1.54, 1.807) is 30.3 Å². The van der Waals surface area contributed by atoms with Crippen molar-refractivity contribution < 1.29 is 10.2 Å². The molecular weight excluding hydrogens is 1130 g/mol. The van der Waals surface area contributed by atoms with E-state index in [0.29, 0.717) is 0 Å². The third-order valence-electron chi connectivity index (χ3n) is 16.0. The van der Waals surface area contributed by atoms with Gasteiger partial charge in [-0.1, -0.05) is 262 Å². The van der Waals surface area contributed by atoms with Gasteiger partial charge < -0.3 is 10.2 Å². The summed E-state index contributed by atoms with van der Waals surface area (Å²) >= 11 is 6.95. The van der Waals surface area contributed by atoms with E-state index in [0.717, 1.165) is 19.7 Å². The normalized spacial score (nSPS) is 11.4. The van der Waals surface area contributed by atoms with Gasteiger partial charge in [0.15, 0.2) is 0 Å². The van der Waals surface area contributed by atoms with E-state index in [9.17, 15) is 5.11 Å². The molecule has 0 bridgehead atoms. The number of phenolic OH excluding ortho intramolecular Hbond substituents is 2. The number of hydrogen-bond donors (Lipinski definition) is 2. The number of rotatable bonds is 4. The third kappa shape index (κ3) is 9.26. The second-order valence-corrected chi connectivity index (χ2v) is 22.6. The van der Waals surface area contributed by atoms with Crippen LogP contribution in [0.25, 0.3) is 141 Å². The van der Waals surface area contributed by atoms with Crippen molar-refractivity contribution in [3.8, 4) is 56.0 Å². The topological polar surface area (TPSA) is 40.5 Å². The molecule has 0 heterocycles. The lowest BCUT2D eigenvalue weighted by Crippen LogP contribution is -1.93. The average Bonchev–Trinajstić information content (AvgIpc) is 2.63. The standard InChI is InChI=1S/C58H36.C10H6Br2.C10H8O2/c1-3-16-39-34-42(30-28-37(39)14-1)55-47-19-5-7-21-49(47)57(50-22-8-6-20-48(50)55)44-32-33-45-41(36-44)18-13-27-46(45)58-53-25-11-9-23-51(53)56(52-24-10-12-26-54(52)58)43-31-29-38-15-2-4-17-40(38)35-43;2*11-8-4-5-9-7(6-8)2-1-3-10(9)12/h1-36H;1-6H;1-6,11-12H. The average molecular weight is 1180 g/mol. The maximum atomic E-state index is 9.38. The molecule has 0 spiro atoms. The summed E-state index contributed by atoms with van der Waals surface area (Å²) in [6.07, 6.45) is 0. The van der Waals surface area contributed by atoms with Gasteiger partial charge >= 0.3 is 0 Å². The summed E-state index contributed by atoms with van der Waals surface area (Å²) in [7, 11) is 0. The Balaban J connectivity index is 0.000000206. The van der Waals surface area contributed by atoms with Crippen molar-refractivity contribution in [1.82, 2.24) is 0 Å². The molecule has 0 saturated carbocycles. The van der Waals surface area contributed by atoms with Gasteiger partial charge in [0.05, 0.1) is 0 Å². The first-order chi connectivity index (χ1) is 40.3. The quantitative estimate of drug-likeness (QED) is 0.172. The fraction of sp³-hybridized carbons (Fsp3) is 0. The lowest BCUT2D eigenvalue weighted by molar-refractivity contribution is 0.475. The van der Waals surface area contributed by atoms with Crippen molar-refractivity contribution in [3.05, 3.63) is 300 Å². The highest BCUT2D eigenvalue weighted by molar-refractivity contribution is 9.11. The van der Waals surface area contributed by atoms with Crippen LogP contribution < -0.4 is 0 Å². The molecule has 0 aliphatic carbocycles. The van der Waals surface area contributed by atoms with E-state index in [-0.39, 0.29) is 11.5 Å². The second-order valence-electron chi connectivity index (χ2n) is 20.8. The number of halogens is 2. The number of hydrogen-bond acceptors (Lipinski definition) is 2. The van der Waals surface area contributed by atoms with Crippen molar-refractivity contribution in [2.24, 2.45) is 0 Å². The van der Waals surface area contributed by atoms with Crippen LogP contribution in [0.5, 0.6) is 11.5 Å². The van der Waals surface area contributed by atoms with Crippen LogP contribution in [0, 0.1) is 0 Å². The first-order valence-electron chi connectivity index (χ1n) is 27.5. The molecule has 0 atom stereocenters. The summed E-state index contributed by atoms with van der Waals surface area (Å²) < 4.78 is 2.26. The molecule has 388 valence electrons. The molecule has 0 fully saturated rings. The molecule has 4 heteroatoms. The SMILES string of the molecule is Brc1ccc2c(Br)cccc2c1.Oc1ccc2c(O)cccc2c1.c1ccc2cc(-c3c4ccccc4c(-c4ccc5c(-c6c7ccccc7c(-c7ccc8ccccc8c7)c7ccccc67)cccc5c4)c4ccccc34)ccc2c1. The highest BCUT2D eigenvalue weighted by atomic mass is 79.9. The molecule has 0 saturated heterocycles. The van der Waals surface area contributed by atoms with Gasteiger partial charge in [-0.05, 0) is 197 Å². The molecule has 16 aromatic rings. The van der Waals surface area contributed by atoms with Crippen LogP contribution in [-0.2, 0) is 0 Å². The Morgan fingerprint density at radius 3 is 1.10 bits per heavy atom. The number of aromatic hydroxyl groups is 2. The van der Waals surface area contributed by atoms with E-state index in [4.69, 9.17) is 5.11 Å². The molecule has 0 amide bonds. The number of benzene rings is 16. The monoisotopic (exact) mass is 1180 g/mol. The molecule has 0 aliphatic heterocycles. The van der Waals surface area contributed by atoms with Crippen LogP contribution in [0.4, 0.5) is 0 Å². The van der Waals surface area contributed by atoms with Crippen molar-refractivity contribution in [2.75, 3.05) is 0 Å². The molecule has 16 rings (SSSR count). The minimum Gasteiger partial charge on any atom is -0.508 e. The van der Waals surface area contributed by atoms with Crippen LogP contribution >= 0.6 is 31.9 Å². The Kier molecular flexibility index (Phi) is 13.3. The zero-order chi connectivity index (χ0) is 55.3. The van der Waals surface area contributed by atoms with Crippen LogP contribution in [0.1, 0.15) is 0 Å². The van der Waals surface area contributed by atoms with Crippen LogP contribution in [0.2, 0.25) is 0 Å². The molecule has 0 aromatic heterocycles. The lowest BCUT2D eigenvalue weighted by Gasteiger charge is -2.20. The summed E-state index contributed by atoms with van der Waals surface area (Å²) in [5.41, 5.74) is 10.1. The van der Waals surface area contributed by atoms with Gasteiger partial charge in [-0.25, -0.2) is 0 Å². The predicted molar refractivity (Wildman–Crippen MR) is 357 cm³/mol. The molecule has 82 heavy (non-hydrogen) atoms. The largest absolute Gasteiger partial charge is 0.508 e. The van der Waals surface area contributed by atoms with Crippen molar-refractivity contribution >= 4 is 129 Å². The number of fused-ring (bicyclic) bond motifs is 9. The maximum Gasteiger partial charge on any atom is 0.123 e. The number of phenols is 2. The van der Waals surface area contributed by atoms with Crippen molar-refractivity contribution in [3.63, 3.8) is 0 Å². The minimum atomic E-state index is 0.216. The fourth-order valence-electron chi connectivity index (χ4n) is 12.3. The maximum absolute atomic E-state index is 9.38. The van der Waals surface area contributed by atoms with E-state index >= 15 is 0 Å². The molecule has 2 nitrogen and oxygen atoms in total. The second kappa shape index (κ2) is 21.5. The molecule has 2 N–H and O–H groups in total. The van der Waals surface area contributed by atoms with Gasteiger partial charge in [0.1, 0.15) is 11.5 Å². The van der Waals surface area contributed by atoms with Gasteiger partial charge in [0, 0.05) is 14.3 Å². The van der Waals surface area contributed by atoms with E-state index < -0.39 is 0 Å². The summed E-state index contributed by atoms with van der Waals surface area (Å²) in [5.74, 6) is 0.459. The predicted octanol–water partition coefficient (Wildman–Crippen LogP) is 23.0. The summed E-state index contributed by atoms with van der Waals surface area (Å²) in [6.45, 7) is 0. The van der Waals surface area contributed by atoms with Crippen molar-refractivity contribution in [2.45, 2.75) is 0 Å². The smallest absolute Gasteiger partial charge is 0.123 e. The summed E-state index contributed by atoms with van der Waals surface area (Å²) in [4.78, 5) is 0. The molecule has 0 aliphatic rings. The van der Waals surface area contributed by atoms with E-state index in [1.165, 1.54) is 131 Å². The summed E-state index contributed by atoms with van der Waals surface area (Å²) in [6, 6.07) is 103. The Morgan fingerprint density at radius 1 is 0.220 bits per heavy atom. The fourth-order valence-corrected chi connectivity index (χ4v) is 13.2. The van der Waals surface area contributed by atoms with Crippen molar-refractivity contribution in [1.29, 1.82) is 0 Å². The minimum absolute atomic E-state index is 0.216. The van der Waals surface area contributed by atoms with Gasteiger partial charge in [-0.15, -0.1) is 0 Å². The van der Waals surface area contributed by atoms with Gasteiger partial charge in [0.25, 0.3) is 0 Å². The van der Waals surface area contributed by atoms with E-state index in [2.05, 4.69) is 275 Å². The molecule has 0 radical (unpaired) electrons. The Bertz CT molecular complexity index is 4980. The van der Waals surface area contributed by atoms with Crippen LogP contribution in [0.3, 0.4) is 0 Å². The first-order valence-corrected chi connectivity index (χ1v) is 29.0. The highest BCUT2D eigenvalue weighted by Gasteiger charge is 2.21. The Labute approximate surface area is 491 Å². The molecule has 0 unspecified atom stereocenters. The first kappa shape index (κ1) is 50.6. The molecular formula is C78H50Br2O2. The zero-order valence-corrected chi connectivity index (χ0v) is 47.5. The van der Waals surface area contributed by atoms with Crippen LogP contribution in [-0.4, -0.2) is 10.2 Å². The summed E-state index contributed by atoms with van der Waals surface area (Å²) in [5, 5.41) is 40.3. The van der Waals surface area contributed by atoms with Gasteiger partial charge in [-0.3, -0.25) is 0 Å². The Morgan fingerprint density at radius 2 is 0.585 bits per heavy atom. The third-order valence-corrected chi connectivity index (χ3v) is 17.2. The van der Waals surface area contributed by atoms with E-state index in [1.807, 2.05) is 18.2 Å². The Hall–Kier alpha value is -9.58. The highest BCUT2D eigenvalue weighted by Crippen LogP contribution is 2.48. The van der Waals surface area contributed by atoms with Gasteiger partial charge in [-0.2, -0.15) is 0 Å². The lowest BCUT2D eigenvalue weighted by atomic mass is 9.83.